The summed E-state index contributed by atoms with van der Waals surface area (Å²) in [5, 5.41) is 76.1. The zero-order chi connectivity index (χ0) is 36.3. The molecule has 14 unspecified atom stereocenters. The number of hydrogen-bond acceptors (Lipinski definition) is 11. The number of carbonyl (C=O) groups is 1. The van der Waals surface area contributed by atoms with Crippen LogP contribution in [0.3, 0.4) is 0 Å². The average molecular weight is 697 g/mol. The molecular formula is C38H64O11. The number of fused-ring (bicyclic) bond motifs is 3. The van der Waals surface area contributed by atoms with Crippen molar-refractivity contribution in [2.45, 2.75) is 174 Å². The quantitative estimate of drug-likeness (QED) is 0.139. The second kappa shape index (κ2) is 12.3. The van der Waals surface area contributed by atoms with E-state index < -0.39 is 66.7 Å². The summed E-state index contributed by atoms with van der Waals surface area (Å²) >= 11 is 0. The van der Waals surface area contributed by atoms with Gasteiger partial charge in [-0.25, -0.2) is 0 Å². The first-order valence-corrected chi connectivity index (χ1v) is 18.8. The molecule has 1 saturated heterocycles. The van der Waals surface area contributed by atoms with Crippen molar-refractivity contribution in [2.24, 2.45) is 50.7 Å². The van der Waals surface area contributed by atoms with Crippen LogP contribution in [0.5, 0.6) is 0 Å². The van der Waals surface area contributed by atoms with Gasteiger partial charge in [-0.15, -0.1) is 0 Å². The van der Waals surface area contributed by atoms with Gasteiger partial charge < -0.3 is 50.0 Å². The smallest absolute Gasteiger partial charge is 0.302 e. The lowest BCUT2D eigenvalue weighted by molar-refractivity contribution is -0.344. The van der Waals surface area contributed by atoms with E-state index in [1.165, 1.54) is 20.8 Å². The molecule has 1 heterocycles. The molecule has 0 radical (unpaired) electrons. The molecule has 1 aliphatic heterocycles. The molecule has 282 valence electrons. The molecule has 6 rings (SSSR count). The van der Waals surface area contributed by atoms with E-state index in [2.05, 4.69) is 34.6 Å². The number of carbonyl (C=O) groups excluding carboxylic acids is 1. The molecule has 5 aliphatic carbocycles. The summed E-state index contributed by atoms with van der Waals surface area (Å²) in [6, 6.07) is 0. The van der Waals surface area contributed by atoms with Gasteiger partial charge >= 0.3 is 5.97 Å². The predicted molar refractivity (Wildman–Crippen MR) is 179 cm³/mol. The fourth-order valence-electron chi connectivity index (χ4n) is 13.3. The van der Waals surface area contributed by atoms with E-state index in [-0.39, 0.29) is 51.4 Å². The Morgan fingerprint density at radius 3 is 2.24 bits per heavy atom. The molecule has 11 nitrogen and oxygen atoms in total. The normalized spacial score (nSPS) is 50.6. The molecule has 0 amide bonds. The highest BCUT2D eigenvalue weighted by atomic mass is 16.7. The fraction of sp³-hybridized carbons (Fsp3) is 0.974. The van der Waals surface area contributed by atoms with E-state index in [0.717, 1.165) is 44.9 Å². The van der Waals surface area contributed by atoms with Crippen LogP contribution in [0, 0.1) is 50.7 Å². The van der Waals surface area contributed by atoms with Gasteiger partial charge in [0.05, 0.1) is 23.9 Å². The molecular weight excluding hydrogens is 632 g/mol. The molecule has 0 aromatic heterocycles. The fourth-order valence-corrected chi connectivity index (χ4v) is 13.3. The highest BCUT2D eigenvalue weighted by Gasteiger charge is 2.85. The first-order chi connectivity index (χ1) is 22.6. The van der Waals surface area contributed by atoms with Crippen LogP contribution in [0.15, 0.2) is 0 Å². The van der Waals surface area contributed by atoms with E-state index in [1.54, 1.807) is 0 Å². The summed E-state index contributed by atoms with van der Waals surface area (Å²) < 4.78 is 18.2. The molecule has 6 fully saturated rings. The van der Waals surface area contributed by atoms with Crippen LogP contribution in [0.1, 0.15) is 113 Å². The van der Waals surface area contributed by atoms with Crippen molar-refractivity contribution in [3.05, 3.63) is 0 Å². The van der Waals surface area contributed by atoms with Crippen LogP contribution in [-0.4, -0.2) is 109 Å². The van der Waals surface area contributed by atoms with Gasteiger partial charge in [-0.2, -0.15) is 0 Å². The van der Waals surface area contributed by atoms with Crippen molar-refractivity contribution < 1.29 is 54.8 Å². The minimum absolute atomic E-state index is 0.0329. The van der Waals surface area contributed by atoms with Gasteiger partial charge in [0, 0.05) is 12.3 Å². The maximum Gasteiger partial charge on any atom is 0.302 e. The minimum atomic E-state index is -1.56. The molecule has 0 spiro atoms. The summed E-state index contributed by atoms with van der Waals surface area (Å²) in [6.07, 6.45) is -2.27. The van der Waals surface area contributed by atoms with Gasteiger partial charge in [-0.05, 0) is 117 Å². The Balaban J connectivity index is 1.34. The van der Waals surface area contributed by atoms with E-state index in [0.29, 0.717) is 18.8 Å². The van der Waals surface area contributed by atoms with Crippen LogP contribution in [-0.2, 0) is 19.0 Å². The summed E-state index contributed by atoms with van der Waals surface area (Å²) in [6.45, 7) is 15.3. The number of ether oxygens (including phenoxy) is 3. The minimum Gasteiger partial charge on any atom is -0.463 e. The maximum atomic E-state index is 11.6. The Hall–Kier alpha value is -0.890. The van der Waals surface area contributed by atoms with Gasteiger partial charge in [-0.1, -0.05) is 34.6 Å². The molecule has 5 saturated carbocycles. The van der Waals surface area contributed by atoms with Crippen molar-refractivity contribution in [3.8, 4) is 0 Å². The number of esters is 1. The third-order valence-electron chi connectivity index (χ3n) is 15.9. The average Bonchev–Trinajstić information content (AvgIpc) is 3.58. The predicted octanol–water partition coefficient (Wildman–Crippen LogP) is 2.67. The van der Waals surface area contributed by atoms with Gasteiger partial charge in [0.1, 0.15) is 37.1 Å². The second-order valence-electron chi connectivity index (χ2n) is 18.9. The van der Waals surface area contributed by atoms with Crippen LogP contribution >= 0.6 is 0 Å². The van der Waals surface area contributed by atoms with Crippen LogP contribution in [0.25, 0.3) is 0 Å². The second-order valence-corrected chi connectivity index (χ2v) is 18.9. The van der Waals surface area contributed by atoms with Crippen LogP contribution < -0.4 is 0 Å². The zero-order valence-electron chi connectivity index (χ0n) is 30.8. The number of hydrogen-bond donors (Lipinski definition) is 7. The molecule has 0 bridgehead atoms. The lowest BCUT2D eigenvalue weighted by Crippen LogP contribution is -2.68. The molecule has 6 aliphatic rings. The molecule has 0 aromatic carbocycles. The lowest BCUT2D eigenvalue weighted by atomic mass is 9.37. The van der Waals surface area contributed by atoms with Gasteiger partial charge in [-0.3, -0.25) is 4.79 Å². The summed E-state index contributed by atoms with van der Waals surface area (Å²) in [7, 11) is 0. The van der Waals surface area contributed by atoms with E-state index in [9.17, 15) is 40.5 Å². The molecule has 7 N–H and O–H groups in total. The monoisotopic (exact) mass is 696 g/mol. The molecule has 11 heteroatoms. The van der Waals surface area contributed by atoms with Crippen molar-refractivity contribution in [1.82, 2.24) is 0 Å². The van der Waals surface area contributed by atoms with Gasteiger partial charge in [0.25, 0.3) is 0 Å². The number of aliphatic hydroxyl groups excluding tert-OH is 6. The topological polar surface area (TPSA) is 186 Å². The van der Waals surface area contributed by atoms with Crippen molar-refractivity contribution in [1.29, 1.82) is 0 Å². The third kappa shape index (κ3) is 5.49. The Labute approximate surface area is 291 Å². The zero-order valence-corrected chi connectivity index (χ0v) is 30.8. The maximum absolute atomic E-state index is 11.6. The molecule has 0 aromatic rings. The van der Waals surface area contributed by atoms with Crippen LogP contribution in [0.4, 0.5) is 0 Å². The highest BCUT2D eigenvalue weighted by molar-refractivity contribution is 5.65. The Bertz CT molecular complexity index is 1250. The Kier molecular flexibility index (Phi) is 9.53. The summed E-state index contributed by atoms with van der Waals surface area (Å²) in [4.78, 5) is 11.6. The Morgan fingerprint density at radius 2 is 1.61 bits per heavy atom. The SMILES string of the molecule is CC(=O)OCC1OC(OC2CC3C(C)(C)C(O)CC[C@]3(C)C3CCC45CC4(CCC5[C@H](C)CC(O)C(O)C(C)(C)O)[C@]23C)C(O)C(O)C1O. The van der Waals surface area contributed by atoms with Gasteiger partial charge in [0.15, 0.2) is 6.29 Å². The first kappa shape index (κ1) is 37.9. The molecule has 49 heavy (non-hydrogen) atoms. The highest BCUT2D eigenvalue weighted by Crippen LogP contribution is 2.91. The molecule has 17 atom stereocenters. The van der Waals surface area contributed by atoms with Crippen molar-refractivity contribution in [3.63, 3.8) is 0 Å². The lowest BCUT2D eigenvalue weighted by Gasteiger charge is -2.69. The Morgan fingerprint density at radius 1 is 0.939 bits per heavy atom. The van der Waals surface area contributed by atoms with E-state index >= 15 is 0 Å². The standard InChI is InChI=1S/C38H64O11/c1-19(15-22(40)31(45)34(5,6)46)21-9-14-38-18-37(21,38)13-10-24-35(7)12-11-26(41)33(3,4)25(35)16-27(36(24,38)8)49-32-30(44)29(43)28(42)23(48-32)17-47-20(2)39/h19,21-32,40-46H,9-18H2,1-8H3/t19-,21?,22?,23?,24?,25?,26?,27?,28?,29?,30?,31?,32?,35-,36+,37?,38?/m1/s1. The van der Waals surface area contributed by atoms with Crippen molar-refractivity contribution >= 4 is 5.97 Å². The van der Waals surface area contributed by atoms with Crippen molar-refractivity contribution in [2.75, 3.05) is 6.61 Å². The largest absolute Gasteiger partial charge is 0.463 e. The third-order valence-corrected chi connectivity index (χ3v) is 15.9. The van der Waals surface area contributed by atoms with E-state index in [4.69, 9.17) is 14.2 Å². The summed E-state index contributed by atoms with van der Waals surface area (Å²) in [5.41, 5.74) is -2.22. The number of rotatable bonds is 9. The van der Waals surface area contributed by atoms with Crippen LogP contribution in [0.2, 0.25) is 0 Å². The summed E-state index contributed by atoms with van der Waals surface area (Å²) in [5.74, 6) is 0.278. The number of aliphatic hydroxyl groups is 7. The van der Waals surface area contributed by atoms with Gasteiger partial charge in [0.2, 0.25) is 0 Å². The first-order valence-electron chi connectivity index (χ1n) is 18.8. The van der Waals surface area contributed by atoms with E-state index in [1.807, 2.05) is 0 Å².